The molecule has 0 aliphatic carbocycles. The first-order valence-corrected chi connectivity index (χ1v) is 8.02. The fraction of sp³-hybridized carbons (Fsp3) is 0.571. The van der Waals surface area contributed by atoms with Crippen molar-refractivity contribution in [3.8, 4) is 0 Å². The van der Waals surface area contributed by atoms with E-state index in [1.165, 1.54) is 4.57 Å². The van der Waals surface area contributed by atoms with E-state index in [4.69, 9.17) is 0 Å². The van der Waals surface area contributed by atoms with Crippen molar-refractivity contribution < 1.29 is 4.79 Å². The van der Waals surface area contributed by atoms with Gasteiger partial charge in [0.25, 0.3) is 5.56 Å². The predicted octanol–water partition coefficient (Wildman–Crippen LogP) is 0.800. The molecule has 0 spiro atoms. The summed E-state index contributed by atoms with van der Waals surface area (Å²) in [6.07, 6.45) is 0. The van der Waals surface area contributed by atoms with Crippen LogP contribution in [0.2, 0.25) is 0 Å². The highest BCUT2D eigenvalue weighted by Gasteiger charge is 2.17. The van der Waals surface area contributed by atoms with Gasteiger partial charge in [0.15, 0.2) is 5.52 Å². The lowest BCUT2D eigenvalue weighted by atomic mass is 10.2. The quantitative estimate of drug-likeness (QED) is 0.881. The number of hydrogen-bond acceptors (Lipinski definition) is 5. The Hall–Kier alpha value is -1.96. The molecule has 0 aliphatic rings. The molecular weight excluding hydrogens is 304 g/mol. The van der Waals surface area contributed by atoms with E-state index in [0.717, 1.165) is 16.1 Å². The molecule has 1 amide bonds. The second kappa shape index (κ2) is 6.43. The van der Waals surface area contributed by atoms with Crippen LogP contribution in [-0.2, 0) is 17.9 Å². The Morgan fingerprint density at radius 1 is 1.27 bits per heavy atom. The maximum Gasteiger partial charge on any atom is 0.332 e. The predicted molar refractivity (Wildman–Crippen MR) is 86.3 cm³/mol. The summed E-state index contributed by atoms with van der Waals surface area (Å²) in [7, 11) is 0. The smallest absolute Gasteiger partial charge is 0.332 e. The molecule has 0 saturated heterocycles. The highest BCUT2D eigenvalue weighted by Crippen LogP contribution is 2.10. The van der Waals surface area contributed by atoms with Crippen molar-refractivity contribution in [1.29, 1.82) is 0 Å². The maximum atomic E-state index is 12.6. The summed E-state index contributed by atoms with van der Waals surface area (Å²) in [5.74, 6) is -0.126. The van der Waals surface area contributed by atoms with Crippen LogP contribution in [0.1, 0.15) is 27.7 Å². The molecule has 0 unspecified atom stereocenters. The van der Waals surface area contributed by atoms with Gasteiger partial charge in [0, 0.05) is 18.0 Å². The fourth-order valence-corrected chi connectivity index (χ4v) is 2.89. The average molecular weight is 324 g/mol. The third kappa shape index (κ3) is 3.27. The Morgan fingerprint density at radius 2 is 1.95 bits per heavy atom. The van der Waals surface area contributed by atoms with Crippen LogP contribution in [0.3, 0.4) is 0 Å². The van der Waals surface area contributed by atoms with Crippen molar-refractivity contribution in [3.05, 3.63) is 26.2 Å². The molecule has 0 radical (unpaired) electrons. The number of rotatable bonds is 5. The SMILES string of the molecule is CC(C)Cn1c(=O)c2nscc2n(CC(=O)NC(C)C)c1=O. The second-order valence-corrected chi connectivity index (χ2v) is 6.58. The number of amides is 1. The van der Waals surface area contributed by atoms with Crippen LogP contribution >= 0.6 is 11.5 Å². The topological polar surface area (TPSA) is 86.0 Å². The van der Waals surface area contributed by atoms with Crippen molar-refractivity contribution >= 4 is 28.5 Å². The third-order valence-corrected chi connectivity index (χ3v) is 3.67. The van der Waals surface area contributed by atoms with Crippen LogP contribution in [0.5, 0.6) is 0 Å². The molecular formula is C14H20N4O3S. The van der Waals surface area contributed by atoms with Crippen LogP contribution in [0, 0.1) is 5.92 Å². The molecule has 2 heterocycles. The fourth-order valence-electron chi connectivity index (χ4n) is 2.23. The van der Waals surface area contributed by atoms with Gasteiger partial charge >= 0.3 is 5.69 Å². The molecule has 0 saturated carbocycles. The lowest BCUT2D eigenvalue weighted by Gasteiger charge is -2.14. The first-order chi connectivity index (χ1) is 10.3. The molecule has 7 nitrogen and oxygen atoms in total. The van der Waals surface area contributed by atoms with Crippen molar-refractivity contribution in [2.24, 2.45) is 5.92 Å². The summed E-state index contributed by atoms with van der Waals surface area (Å²) >= 11 is 1.10. The minimum absolute atomic E-state index is 0.0131. The number of hydrogen-bond donors (Lipinski definition) is 1. The average Bonchev–Trinajstić information content (AvgIpc) is 2.87. The van der Waals surface area contributed by atoms with Gasteiger partial charge in [0.1, 0.15) is 6.54 Å². The van der Waals surface area contributed by atoms with Gasteiger partial charge in [-0.1, -0.05) is 13.8 Å². The summed E-state index contributed by atoms with van der Waals surface area (Å²) in [4.78, 5) is 36.9. The summed E-state index contributed by atoms with van der Waals surface area (Å²) in [6.45, 7) is 7.73. The molecule has 0 atom stereocenters. The molecule has 2 rings (SSSR count). The third-order valence-electron chi connectivity index (χ3n) is 3.05. The molecule has 0 bridgehead atoms. The molecule has 2 aromatic rings. The molecule has 0 fully saturated rings. The molecule has 120 valence electrons. The maximum absolute atomic E-state index is 12.6. The van der Waals surface area contributed by atoms with Crippen LogP contribution in [0.15, 0.2) is 15.0 Å². The zero-order valence-electron chi connectivity index (χ0n) is 13.1. The van der Waals surface area contributed by atoms with Gasteiger partial charge in [0.05, 0.1) is 5.52 Å². The number of fused-ring (bicyclic) bond motifs is 1. The molecule has 0 aliphatic heterocycles. The van der Waals surface area contributed by atoms with Crippen molar-refractivity contribution in [3.63, 3.8) is 0 Å². The van der Waals surface area contributed by atoms with Crippen LogP contribution in [-0.4, -0.2) is 25.5 Å². The Balaban J connectivity index is 2.57. The molecule has 1 N–H and O–H groups in total. The number of aromatic nitrogens is 3. The van der Waals surface area contributed by atoms with Crippen molar-refractivity contribution in [2.45, 2.75) is 46.8 Å². The van der Waals surface area contributed by atoms with Crippen LogP contribution in [0.4, 0.5) is 0 Å². The van der Waals surface area contributed by atoms with E-state index in [1.54, 1.807) is 5.38 Å². The lowest BCUT2D eigenvalue weighted by Crippen LogP contribution is -2.44. The van der Waals surface area contributed by atoms with Crippen LogP contribution in [0.25, 0.3) is 11.0 Å². The lowest BCUT2D eigenvalue weighted by molar-refractivity contribution is -0.122. The van der Waals surface area contributed by atoms with Gasteiger partial charge in [-0.2, -0.15) is 4.37 Å². The van der Waals surface area contributed by atoms with E-state index >= 15 is 0 Å². The first-order valence-electron chi connectivity index (χ1n) is 7.18. The minimum atomic E-state index is -0.467. The standard InChI is InChI=1S/C14H20N4O3S/c1-8(2)5-18-13(20)12-10(7-22-16-12)17(14(18)21)6-11(19)15-9(3)4/h7-9H,5-6H2,1-4H3,(H,15,19). The Labute approximate surface area is 131 Å². The minimum Gasteiger partial charge on any atom is -0.352 e. The van der Waals surface area contributed by atoms with Gasteiger partial charge < -0.3 is 5.32 Å². The molecule has 22 heavy (non-hydrogen) atoms. The van der Waals surface area contributed by atoms with E-state index in [-0.39, 0.29) is 29.9 Å². The van der Waals surface area contributed by atoms with Gasteiger partial charge in [-0.05, 0) is 31.3 Å². The van der Waals surface area contributed by atoms with Gasteiger partial charge in [-0.25, -0.2) is 4.79 Å². The normalized spacial score (nSPS) is 11.5. The zero-order chi connectivity index (χ0) is 16.4. The Bertz CT molecular complexity index is 801. The van der Waals surface area contributed by atoms with Gasteiger partial charge in [0.2, 0.25) is 5.91 Å². The second-order valence-electron chi connectivity index (χ2n) is 5.95. The summed E-state index contributed by atoms with van der Waals surface area (Å²) in [6, 6.07) is -0.0131. The molecule has 2 aromatic heterocycles. The van der Waals surface area contributed by atoms with Gasteiger partial charge in [-0.3, -0.25) is 18.7 Å². The Morgan fingerprint density at radius 3 is 2.55 bits per heavy atom. The van der Waals surface area contributed by atoms with E-state index in [1.807, 2.05) is 27.7 Å². The molecule has 0 aromatic carbocycles. The van der Waals surface area contributed by atoms with E-state index in [2.05, 4.69) is 9.69 Å². The number of nitrogens with one attached hydrogen (secondary N) is 1. The zero-order valence-corrected chi connectivity index (χ0v) is 13.9. The number of carbonyl (C=O) groups is 1. The summed E-state index contributed by atoms with van der Waals surface area (Å²) < 4.78 is 6.55. The highest BCUT2D eigenvalue weighted by atomic mass is 32.1. The van der Waals surface area contributed by atoms with E-state index in [0.29, 0.717) is 12.1 Å². The van der Waals surface area contributed by atoms with E-state index in [9.17, 15) is 14.4 Å². The summed E-state index contributed by atoms with van der Waals surface area (Å²) in [5, 5.41) is 4.37. The largest absolute Gasteiger partial charge is 0.352 e. The highest BCUT2D eigenvalue weighted by molar-refractivity contribution is 7.04. The van der Waals surface area contributed by atoms with Crippen LogP contribution < -0.4 is 16.6 Å². The van der Waals surface area contributed by atoms with Crippen molar-refractivity contribution in [2.75, 3.05) is 0 Å². The Kier molecular flexibility index (Phi) is 4.80. The van der Waals surface area contributed by atoms with Crippen molar-refractivity contribution in [1.82, 2.24) is 18.8 Å². The number of carbonyl (C=O) groups excluding carboxylic acids is 1. The number of nitrogens with zero attached hydrogens (tertiary/aromatic N) is 3. The van der Waals surface area contributed by atoms with Gasteiger partial charge in [-0.15, -0.1) is 0 Å². The monoisotopic (exact) mass is 324 g/mol. The molecule has 8 heteroatoms. The summed E-state index contributed by atoms with van der Waals surface area (Å²) in [5.41, 5.74) is -0.206. The van der Waals surface area contributed by atoms with E-state index < -0.39 is 11.2 Å². The first kappa shape index (κ1) is 16.4.